The smallest absolute Gasteiger partial charge is 0.251 e. The van der Waals surface area contributed by atoms with Crippen molar-refractivity contribution in [2.45, 2.75) is 13.8 Å². The van der Waals surface area contributed by atoms with Gasteiger partial charge in [0.05, 0.1) is 6.20 Å². The lowest BCUT2D eigenvalue weighted by Gasteiger charge is -2.02. The van der Waals surface area contributed by atoms with Gasteiger partial charge in [0.25, 0.3) is 5.91 Å². The molecular weight excluding hydrogens is 180 g/mol. The first kappa shape index (κ1) is 8.80. The Bertz CT molecular complexity index is 474. The fourth-order valence-electron chi connectivity index (χ4n) is 1.18. The predicted octanol–water partition coefficient (Wildman–Crippen LogP) is 1.12. The van der Waals surface area contributed by atoms with Gasteiger partial charge in [-0.1, -0.05) is 19.1 Å². The molecule has 14 heavy (non-hydrogen) atoms. The monoisotopic (exact) mass is 190 g/mol. The molecule has 0 amide bonds. The van der Waals surface area contributed by atoms with Crippen LogP contribution < -0.4 is 0 Å². The Kier molecular flexibility index (Phi) is 1.99. The Morgan fingerprint density at radius 3 is 3.00 bits per heavy atom. The summed E-state index contributed by atoms with van der Waals surface area (Å²) in [6, 6.07) is 1.73. The molecule has 0 aliphatic rings. The van der Waals surface area contributed by atoms with Crippen LogP contribution in [0.5, 0.6) is 0 Å². The fraction of sp³-hybridized carbons (Fsp3) is 0.333. The van der Waals surface area contributed by atoms with E-state index >= 15 is 0 Å². The molecule has 0 radical (unpaired) electrons. The number of nitrogens with zero attached hydrogens (tertiary/aromatic N) is 4. The molecule has 0 fully saturated rings. The van der Waals surface area contributed by atoms with E-state index in [1.807, 2.05) is 13.8 Å². The van der Waals surface area contributed by atoms with Crippen molar-refractivity contribution < 1.29 is 4.79 Å². The summed E-state index contributed by atoms with van der Waals surface area (Å²) < 4.78 is 1.32. The van der Waals surface area contributed by atoms with Crippen molar-refractivity contribution >= 4 is 16.9 Å². The number of hydrogen-bond acceptors (Lipinski definition) is 4. The van der Waals surface area contributed by atoms with E-state index in [4.69, 9.17) is 0 Å². The average Bonchev–Trinajstić information content (AvgIpc) is 2.60. The third-order valence-corrected chi connectivity index (χ3v) is 1.95. The lowest BCUT2D eigenvalue weighted by Crippen LogP contribution is -2.18. The third-order valence-electron chi connectivity index (χ3n) is 1.95. The molecule has 0 atom stereocenters. The van der Waals surface area contributed by atoms with Crippen LogP contribution in [0.3, 0.4) is 0 Å². The molecule has 0 saturated carbocycles. The number of hydrogen-bond donors (Lipinski definition) is 0. The quantitative estimate of drug-likeness (QED) is 0.676. The second-order valence-electron chi connectivity index (χ2n) is 3.36. The summed E-state index contributed by atoms with van der Waals surface area (Å²) in [6.45, 7) is 3.66. The van der Waals surface area contributed by atoms with Crippen LogP contribution >= 0.6 is 0 Å². The van der Waals surface area contributed by atoms with Crippen molar-refractivity contribution in [3.05, 3.63) is 18.5 Å². The standard InChI is InChI=1S/C9H10N4O/c1-6(2)9(14)13-8-3-4-10-5-7(8)11-12-13/h3-6H,1-2H3. The SMILES string of the molecule is CC(C)C(=O)n1nnc2cnccc21. The first-order valence-electron chi connectivity index (χ1n) is 4.40. The summed E-state index contributed by atoms with van der Waals surface area (Å²) in [6.07, 6.45) is 3.21. The van der Waals surface area contributed by atoms with Gasteiger partial charge in [-0.05, 0) is 6.07 Å². The molecule has 0 aliphatic carbocycles. The van der Waals surface area contributed by atoms with Gasteiger partial charge in [0.15, 0.2) is 0 Å². The fourth-order valence-corrected chi connectivity index (χ4v) is 1.18. The maximum Gasteiger partial charge on any atom is 0.251 e. The summed E-state index contributed by atoms with van der Waals surface area (Å²) in [5.74, 6) is -0.147. The average molecular weight is 190 g/mol. The molecule has 0 unspecified atom stereocenters. The van der Waals surface area contributed by atoms with E-state index < -0.39 is 0 Å². The van der Waals surface area contributed by atoms with E-state index in [2.05, 4.69) is 15.3 Å². The Morgan fingerprint density at radius 2 is 2.29 bits per heavy atom. The van der Waals surface area contributed by atoms with E-state index in [-0.39, 0.29) is 11.8 Å². The van der Waals surface area contributed by atoms with Gasteiger partial charge in [0.2, 0.25) is 0 Å². The van der Waals surface area contributed by atoms with Gasteiger partial charge in [0, 0.05) is 12.1 Å². The molecule has 5 heteroatoms. The van der Waals surface area contributed by atoms with E-state index in [9.17, 15) is 4.79 Å². The summed E-state index contributed by atoms with van der Waals surface area (Å²) >= 11 is 0. The van der Waals surface area contributed by atoms with Gasteiger partial charge < -0.3 is 0 Å². The van der Waals surface area contributed by atoms with Crippen molar-refractivity contribution in [3.8, 4) is 0 Å². The second kappa shape index (κ2) is 3.17. The van der Waals surface area contributed by atoms with Gasteiger partial charge >= 0.3 is 0 Å². The van der Waals surface area contributed by atoms with Gasteiger partial charge in [-0.15, -0.1) is 5.10 Å². The number of carbonyl (C=O) groups excluding carboxylic acids is 1. The number of aromatic nitrogens is 4. The van der Waals surface area contributed by atoms with Crippen LogP contribution in [0.2, 0.25) is 0 Å². The minimum Gasteiger partial charge on any atom is -0.272 e. The molecule has 5 nitrogen and oxygen atoms in total. The van der Waals surface area contributed by atoms with Crippen LogP contribution in [0.4, 0.5) is 0 Å². The van der Waals surface area contributed by atoms with E-state index in [0.717, 1.165) is 0 Å². The molecular formula is C9H10N4O. The highest BCUT2D eigenvalue weighted by molar-refractivity contribution is 5.89. The summed E-state index contributed by atoms with van der Waals surface area (Å²) in [7, 11) is 0. The zero-order valence-electron chi connectivity index (χ0n) is 8.01. The Balaban J connectivity index is 2.58. The van der Waals surface area contributed by atoms with E-state index in [0.29, 0.717) is 11.0 Å². The van der Waals surface area contributed by atoms with Crippen molar-refractivity contribution in [3.63, 3.8) is 0 Å². The van der Waals surface area contributed by atoms with Gasteiger partial charge in [-0.2, -0.15) is 4.68 Å². The molecule has 0 spiro atoms. The lowest BCUT2D eigenvalue weighted by molar-refractivity contribution is 0.0842. The van der Waals surface area contributed by atoms with Crippen molar-refractivity contribution in [2.75, 3.05) is 0 Å². The molecule has 0 bridgehead atoms. The van der Waals surface area contributed by atoms with Crippen molar-refractivity contribution in [1.29, 1.82) is 0 Å². The number of carbonyl (C=O) groups is 1. The highest BCUT2D eigenvalue weighted by atomic mass is 16.2. The topological polar surface area (TPSA) is 60.7 Å². The number of rotatable bonds is 1. The van der Waals surface area contributed by atoms with Crippen molar-refractivity contribution in [2.24, 2.45) is 5.92 Å². The van der Waals surface area contributed by atoms with Crippen LogP contribution in [0.25, 0.3) is 11.0 Å². The minimum atomic E-state index is -0.0898. The van der Waals surface area contributed by atoms with E-state index in [1.54, 1.807) is 18.5 Å². The van der Waals surface area contributed by atoms with E-state index in [1.165, 1.54) is 4.68 Å². The minimum absolute atomic E-state index is 0.0568. The van der Waals surface area contributed by atoms with Gasteiger partial charge in [-0.25, -0.2) is 0 Å². The molecule has 0 N–H and O–H groups in total. The largest absolute Gasteiger partial charge is 0.272 e. The predicted molar refractivity (Wildman–Crippen MR) is 50.8 cm³/mol. The second-order valence-corrected chi connectivity index (χ2v) is 3.36. The van der Waals surface area contributed by atoms with Crippen LogP contribution in [0, 0.1) is 5.92 Å². The molecule has 0 saturated heterocycles. The van der Waals surface area contributed by atoms with Crippen LogP contribution in [-0.4, -0.2) is 25.9 Å². The lowest BCUT2D eigenvalue weighted by atomic mass is 10.2. The molecule has 2 rings (SSSR count). The molecule has 0 aromatic carbocycles. The van der Waals surface area contributed by atoms with Crippen LogP contribution in [-0.2, 0) is 0 Å². The van der Waals surface area contributed by atoms with Crippen LogP contribution in [0.1, 0.15) is 18.6 Å². The molecule has 0 aliphatic heterocycles. The molecule has 2 heterocycles. The number of fused-ring (bicyclic) bond motifs is 1. The first-order chi connectivity index (χ1) is 6.70. The van der Waals surface area contributed by atoms with Gasteiger partial charge in [0.1, 0.15) is 11.0 Å². The molecule has 72 valence electrons. The van der Waals surface area contributed by atoms with Crippen LogP contribution in [0.15, 0.2) is 18.5 Å². The third kappa shape index (κ3) is 1.26. The normalized spacial score (nSPS) is 11.1. The summed E-state index contributed by atoms with van der Waals surface area (Å²) in [4.78, 5) is 15.6. The Morgan fingerprint density at radius 1 is 1.50 bits per heavy atom. The Hall–Kier alpha value is -1.78. The highest BCUT2D eigenvalue weighted by Gasteiger charge is 2.14. The maximum atomic E-state index is 11.7. The molecule has 2 aromatic rings. The zero-order valence-corrected chi connectivity index (χ0v) is 8.01. The highest BCUT2D eigenvalue weighted by Crippen LogP contribution is 2.09. The number of pyridine rings is 1. The molecule has 2 aromatic heterocycles. The van der Waals surface area contributed by atoms with Gasteiger partial charge in [-0.3, -0.25) is 9.78 Å². The van der Waals surface area contributed by atoms with Crippen molar-refractivity contribution in [1.82, 2.24) is 20.0 Å². The zero-order chi connectivity index (χ0) is 10.1. The summed E-state index contributed by atoms with van der Waals surface area (Å²) in [5.41, 5.74) is 1.35. The first-order valence-corrected chi connectivity index (χ1v) is 4.40. The maximum absolute atomic E-state index is 11.7. The summed E-state index contributed by atoms with van der Waals surface area (Å²) in [5, 5.41) is 7.65. The Labute approximate surface area is 80.7 Å².